The van der Waals surface area contributed by atoms with Crippen molar-refractivity contribution in [1.29, 1.82) is 0 Å². The molecule has 1 aromatic heterocycles. The van der Waals surface area contributed by atoms with Crippen LogP contribution >= 0.6 is 11.8 Å². The first-order chi connectivity index (χ1) is 12.5. The van der Waals surface area contributed by atoms with E-state index in [2.05, 4.69) is 44.5 Å². The fourth-order valence-corrected chi connectivity index (χ4v) is 5.14. The van der Waals surface area contributed by atoms with Gasteiger partial charge in [0.1, 0.15) is 5.50 Å². The summed E-state index contributed by atoms with van der Waals surface area (Å²) in [6, 6.07) is 10.4. The Morgan fingerprint density at radius 1 is 1.35 bits per heavy atom. The number of hydrogen-bond donors (Lipinski definition) is 2. The highest BCUT2D eigenvalue weighted by molar-refractivity contribution is 7.99. The number of aromatic nitrogens is 2. The molecule has 138 valence electrons. The highest BCUT2D eigenvalue weighted by atomic mass is 32.2. The molecule has 3 N–H and O–H groups in total. The lowest BCUT2D eigenvalue weighted by Gasteiger charge is -2.42. The maximum absolute atomic E-state index is 14.0. The zero-order valence-electron chi connectivity index (χ0n) is 15.0. The van der Waals surface area contributed by atoms with Crippen LogP contribution in [0.3, 0.4) is 0 Å². The van der Waals surface area contributed by atoms with Crippen LogP contribution in [0.2, 0.25) is 0 Å². The highest BCUT2D eigenvalue weighted by Crippen LogP contribution is 2.43. The maximum atomic E-state index is 14.0. The maximum Gasteiger partial charge on any atom is 0.225 e. The number of benzene rings is 1. The molecule has 4 rings (SSSR count). The zero-order chi connectivity index (χ0) is 18.3. The van der Waals surface area contributed by atoms with Gasteiger partial charge in [-0.05, 0) is 11.5 Å². The van der Waals surface area contributed by atoms with E-state index in [9.17, 15) is 4.39 Å². The number of fused-ring (bicyclic) bond motifs is 1. The molecular formula is C19H24FN5S. The Morgan fingerprint density at radius 2 is 2.12 bits per heavy atom. The normalized spacial score (nSPS) is 28.4. The van der Waals surface area contributed by atoms with Crippen LogP contribution in [0, 0.1) is 11.7 Å². The number of thioether (sulfide) groups is 1. The van der Waals surface area contributed by atoms with E-state index in [1.807, 2.05) is 19.9 Å². The summed E-state index contributed by atoms with van der Waals surface area (Å²) in [4.78, 5) is 11.0. The first kappa shape index (κ1) is 17.7. The third-order valence-electron chi connectivity index (χ3n) is 5.33. The zero-order valence-corrected chi connectivity index (χ0v) is 15.8. The van der Waals surface area contributed by atoms with Gasteiger partial charge in [0, 0.05) is 24.8 Å². The molecule has 2 fully saturated rings. The minimum absolute atomic E-state index is 0.0202. The van der Waals surface area contributed by atoms with Crippen LogP contribution in [0.25, 0.3) is 0 Å². The first-order valence-electron chi connectivity index (χ1n) is 8.97. The van der Waals surface area contributed by atoms with Crippen molar-refractivity contribution in [3.63, 3.8) is 0 Å². The van der Waals surface area contributed by atoms with E-state index in [1.165, 1.54) is 11.8 Å². The average molecular weight is 374 g/mol. The minimum Gasteiger partial charge on any atom is -0.338 e. The predicted molar refractivity (Wildman–Crippen MR) is 103 cm³/mol. The summed E-state index contributed by atoms with van der Waals surface area (Å²) in [5, 5.41) is 3.63. The van der Waals surface area contributed by atoms with Crippen LogP contribution in [0.15, 0.2) is 36.5 Å². The van der Waals surface area contributed by atoms with Gasteiger partial charge in [-0.2, -0.15) is 0 Å². The number of hydrogen-bond acceptors (Lipinski definition) is 6. The van der Waals surface area contributed by atoms with Gasteiger partial charge in [-0.3, -0.25) is 5.32 Å². The molecule has 0 spiro atoms. The monoisotopic (exact) mass is 373 g/mol. The van der Waals surface area contributed by atoms with Gasteiger partial charge < -0.3 is 10.6 Å². The summed E-state index contributed by atoms with van der Waals surface area (Å²) in [5.41, 5.74) is 7.60. The van der Waals surface area contributed by atoms with Gasteiger partial charge in [-0.15, -0.1) is 11.8 Å². The number of rotatable bonds is 3. The standard InChI is InChI=1S/C19H24FN5S/c1-12(2)16-15(20)8-22-18(23-16)25-9-14-10-26-17(21)24-19(14,11-25)13-6-4-3-5-7-13/h3-8,12,14,17,24H,9-11,21H2,1-2H3/t14-,17?,19+/m0/s1. The third-order valence-corrected chi connectivity index (χ3v) is 6.40. The molecule has 0 bridgehead atoms. The molecule has 0 amide bonds. The van der Waals surface area contributed by atoms with Gasteiger partial charge in [0.05, 0.1) is 17.4 Å². The summed E-state index contributed by atoms with van der Waals surface area (Å²) < 4.78 is 14.0. The molecule has 1 aromatic carbocycles. The minimum atomic E-state index is -0.339. The van der Waals surface area contributed by atoms with Crippen molar-refractivity contribution in [1.82, 2.24) is 15.3 Å². The molecule has 26 heavy (non-hydrogen) atoms. The van der Waals surface area contributed by atoms with Crippen LogP contribution in [0.5, 0.6) is 0 Å². The number of nitrogens with zero attached hydrogens (tertiary/aromatic N) is 3. The van der Waals surface area contributed by atoms with Gasteiger partial charge in [-0.25, -0.2) is 14.4 Å². The lowest BCUT2D eigenvalue weighted by molar-refractivity contribution is 0.274. The number of nitrogens with one attached hydrogen (secondary N) is 1. The Labute approximate surface area is 157 Å². The van der Waals surface area contributed by atoms with Crippen LogP contribution in [0.1, 0.15) is 31.0 Å². The largest absolute Gasteiger partial charge is 0.338 e. The fraction of sp³-hybridized carbons (Fsp3) is 0.474. The van der Waals surface area contributed by atoms with Crippen LogP contribution < -0.4 is 16.0 Å². The smallest absolute Gasteiger partial charge is 0.225 e. The quantitative estimate of drug-likeness (QED) is 0.862. The first-order valence-corrected chi connectivity index (χ1v) is 10.0. The van der Waals surface area contributed by atoms with Crippen molar-refractivity contribution in [3.05, 3.63) is 53.6 Å². The van der Waals surface area contributed by atoms with Gasteiger partial charge in [0.25, 0.3) is 0 Å². The van der Waals surface area contributed by atoms with Crippen molar-refractivity contribution >= 4 is 17.7 Å². The van der Waals surface area contributed by atoms with Crippen molar-refractivity contribution in [2.24, 2.45) is 11.7 Å². The second-order valence-corrected chi connectivity index (χ2v) is 8.55. The Morgan fingerprint density at radius 3 is 2.85 bits per heavy atom. The van der Waals surface area contributed by atoms with Gasteiger partial charge in [-0.1, -0.05) is 44.2 Å². The summed E-state index contributed by atoms with van der Waals surface area (Å²) in [7, 11) is 0. The SMILES string of the molecule is CC(C)c1nc(N2C[C@H]3CSC(N)N[C@@]3(c3ccccc3)C2)ncc1F. The Bertz CT molecular complexity index is 787. The Kier molecular flexibility index (Phi) is 4.62. The molecule has 3 atom stereocenters. The van der Waals surface area contributed by atoms with E-state index in [-0.39, 0.29) is 22.8 Å². The van der Waals surface area contributed by atoms with E-state index in [0.717, 1.165) is 18.8 Å². The topological polar surface area (TPSA) is 67.1 Å². The second-order valence-electron chi connectivity index (χ2n) is 7.37. The van der Waals surface area contributed by atoms with E-state index in [4.69, 9.17) is 5.73 Å². The van der Waals surface area contributed by atoms with E-state index >= 15 is 0 Å². The Balaban J connectivity index is 1.71. The van der Waals surface area contributed by atoms with Gasteiger partial charge in [0.2, 0.25) is 5.95 Å². The molecule has 0 aliphatic carbocycles. The number of anilines is 1. The summed E-state index contributed by atoms with van der Waals surface area (Å²) in [6.45, 7) is 5.44. The Hall–Kier alpha value is -1.70. The van der Waals surface area contributed by atoms with Gasteiger partial charge >= 0.3 is 0 Å². The number of halogens is 1. The molecule has 2 aromatic rings. The molecule has 2 aliphatic rings. The average Bonchev–Trinajstić information content (AvgIpc) is 3.02. The predicted octanol–water partition coefficient (Wildman–Crippen LogP) is 2.65. The molecule has 7 heteroatoms. The van der Waals surface area contributed by atoms with Gasteiger partial charge in [0.15, 0.2) is 5.82 Å². The molecular weight excluding hydrogens is 349 g/mol. The molecule has 5 nitrogen and oxygen atoms in total. The third kappa shape index (κ3) is 2.98. The lowest BCUT2D eigenvalue weighted by atomic mass is 9.81. The molecule has 2 saturated heterocycles. The van der Waals surface area contributed by atoms with E-state index in [1.54, 1.807) is 11.8 Å². The van der Waals surface area contributed by atoms with E-state index in [0.29, 0.717) is 17.6 Å². The van der Waals surface area contributed by atoms with Crippen molar-refractivity contribution in [2.75, 3.05) is 23.7 Å². The molecule has 0 saturated carbocycles. The number of nitrogens with two attached hydrogens (primary N) is 1. The van der Waals surface area contributed by atoms with E-state index < -0.39 is 0 Å². The second kappa shape index (κ2) is 6.79. The van der Waals surface area contributed by atoms with Crippen molar-refractivity contribution in [2.45, 2.75) is 30.8 Å². The molecule has 3 heterocycles. The summed E-state index contributed by atoms with van der Waals surface area (Å²) in [6.07, 6.45) is 1.29. The van der Waals surface area contributed by atoms with Crippen molar-refractivity contribution in [3.8, 4) is 0 Å². The summed E-state index contributed by atoms with van der Waals surface area (Å²) in [5.74, 6) is 1.63. The molecule has 2 aliphatic heterocycles. The molecule has 0 radical (unpaired) electrons. The highest BCUT2D eigenvalue weighted by Gasteiger charge is 2.51. The van der Waals surface area contributed by atoms with Crippen molar-refractivity contribution < 1.29 is 4.39 Å². The fourth-order valence-electron chi connectivity index (χ4n) is 4.02. The lowest BCUT2D eigenvalue weighted by Crippen LogP contribution is -2.59. The van der Waals surface area contributed by atoms with Crippen LogP contribution in [0.4, 0.5) is 10.3 Å². The van der Waals surface area contributed by atoms with Crippen LogP contribution in [-0.2, 0) is 5.54 Å². The van der Waals surface area contributed by atoms with Crippen LogP contribution in [-0.4, -0.2) is 34.3 Å². The molecule has 1 unspecified atom stereocenters. The summed E-state index contributed by atoms with van der Waals surface area (Å²) >= 11 is 1.73.